The molecule has 0 radical (unpaired) electrons. The lowest BCUT2D eigenvalue weighted by atomic mass is 9.99. The minimum atomic E-state index is -5.73. The molecule has 3 rings (SSSR count). The van der Waals surface area contributed by atoms with E-state index in [2.05, 4.69) is 8.83 Å². The van der Waals surface area contributed by atoms with Crippen LogP contribution >= 0.6 is 15.6 Å². The van der Waals surface area contributed by atoms with Crippen molar-refractivity contribution in [3.63, 3.8) is 0 Å². The SMILES string of the molecule is CC(=O)O[C@@H]1[C@H](OC(C)=O)[C@@H](COP(=O)(O)OP(=O)(O)O[C@H]2O[C@H](CO)[C@@H](OC(C)=O)[C@H](O)[C@H]2O)O[C@H]1n1ccc(=O)[nH]c1=O. The molecule has 0 saturated carbocycles. The first kappa shape index (κ1) is 36.6. The molecule has 1 aromatic heterocycles. The van der Waals surface area contributed by atoms with Gasteiger partial charge in [0.05, 0.1) is 13.2 Å². The van der Waals surface area contributed by atoms with Crippen molar-refractivity contribution >= 4 is 33.6 Å². The third-order valence-electron chi connectivity index (χ3n) is 5.98. The van der Waals surface area contributed by atoms with Gasteiger partial charge >= 0.3 is 39.2 Å². The predicted octanol–water partition coefficient (Wildman–Crippen LogP) is -3.08. The summed E-state index contributed by atoms with van der Waals surface area (Å²) in [5, 5.41) is 29.9. The van der Waals surface area contributed by atoms with Crippen molar-refractivity contribution in [2.75, 3.05) is 13.2 Å². The Morgan fingerprint density at radius 1 is 0.889 bits per heavy atom. The van der Waals surface area contributed by atoms with E-state index in [0.717, 1.165) is 37.6 Å². The molecule has 254 valence electrons. The first-order chi connectivity index (χ1) is 20.8. The standard InChI is InChI=1S/C21H30N2O20P2/c1-8(25)37-16-11(6-24)41-20(15(30)14(16)29)42-45(34,35)43-44(32,33)36-7-12-17(38-9(2)26)18(39-10(3)27)19(40-12)23-5-4-13(28)22-21(23)31/h4-5,11-12,14-20,24,29-30H,6-7H2,1-3H3,(H,32,33)(H,34,35)(H,22,28,31)/t11-,12-,14-,15-,16-,17-,18-,19-,20-/m1/s1. The molecule has 1 aromatic rings. The van der Waals surface area contributed by atoms with Gasteiger partial charge in [-0.05, 0) is 0 Å². The van der Waals surface area contributed by atoms with E-state index in [1.807, 2.05) is 4.98 Å². The van der Waals surface area contributed by atoms with E-state index in [0.29, 0.717) is 0 Å². The number of phosphoric ester groups is 2. The van der Waals surface area contributed by atoms with Crippen LogP contribution in [0, 0.1) is 0 Å². The summed E-state index contributed by atoms with van der Waals surface area (Å²) in [6, 6.07) is 0.917. The van der Waals surface area contributed by atoms with Gasteiger partial charge in [0.25, 0.3) is 5.56 Å². The van der Waals surface area contributed by atoms with Gasteiger partial charge in [-0.2, -0.15) is 4.31 Å². The second-order valence-corrected chi connectivity index (χ2v) is 12.4. The van der Waals surface area contributed by atoms with E-state index in [9.17, 15) is 58.2 Å². The van der Waals surface area contributed by atoms with E-state index in [-0.39, 0.29) is 0 Å². The molecule has 3 heterocycles. The van der Waals surface area contributed by atoms with Gasteiger partial charge in [-0.3, -0.25) is 37.8 Å². The maximum Gasteiger partial charge on any atom is 0.483 e. The molecule has 2 fully saturated rings. The Balaban J connectivity index is 1.76. The number of rotatable bonds is 12. The van der Waals surface area contributed by atoms with Crippen LogP contribution < -0.4 is 11.2 Å². The van der Waals surface area contributed by atoms with Gasteiger partial charge in [0.15, 0.2) is 30.8 Å². The maximum atomic E-state index is 12.6. The molecule has 6 N–H and O–H groups in total. The minimum absolute atomic E-state index is 0.756. The van der Waals surface area contributed by atoms with Crippen molar-refractivity contribution in [1.82, 2.24) is 9.55 Å². The zero-order valence-corrected chi connectivity index (χ0v) is 25.3. The Morgan fingerprint density at radius 2 is 1.47 bits per heavy atom. The number of hydrogen-bond donors (Lipinski definition) is 6. The molecule has 0 aliphatic carbocycles. The quantitative estimate of drug-likeness (QED) is 0.0718. The van der Waals surface area contributed by atoms with Crippen molar-refractivity contribution in [1.29, 1.82) is 0 Å². The average molecular weight is 692 g/mol. The maximum absolute atomic E-state index is 12.6. The number of ether oxygens (including phenoxy) is 5. The first-order valence-electron chi connectivity index (χ1n) is 12.6. The van der Waals surface area contributed by atoms with Crippen LogP contribution in [-0.4, -0.2) is 115 Å². The summed E-state index contributed by atoms with van der Waals surface area (Å²) in [6.45, 7) is 0.856. The van der Waals surface area contributed by atoms with Crippen LogP contribution in [0.25, 0.3) is 0 Å². The number of aromatic nitrogens is 2. The Morgan fingerprint density at radius 3 is 2.02 bits per heavy atom. The number of carbonyl (C=O) groups is 3. The van der Waals surface area contributed by atoms with Crippen LogP contribution in [-0.2, 0) is 60.6 Å². The van der Waals surface area contributed by atoms with Gasteiger partial charge in [0.1, 0.15) is 24.4 Å². The highest BCUT2D eigenvalue weighted by Crippen LogP contribution is 2.61. The van der Waals surface area contributed by atoms with Crippen molar-refractivity contribution < 1.29 is 85.7 Å². The normalized spacial score (nSPS) is 32.6. The largest absolute Gasteiger partial charge is 0.483 e. The zero-order valence-electron chi connectivity index (χ0n) is 23.5. The van der Waals surface area contributed by atoms with Crippen LogP contribution in [0.5, 0.6) is 0 Å². The number of aliphatic hydroxyl groups excluding tert-OH is 3. The summed E-state index contributed by atoms with van der Waals surface area (Å²) in [4.78, 5) is 80.9. The Kier molecular flexibility index (Phi) is 12.0. The number of nitrogens with zero attached hydrogens (tertiary/aromatic N) is 1. The zero-order chi connectivity index (χ0) is 33.9. The summed E-state index contributed by atoms with van der Waals surface area (Å²) in [5.41, 5.74) is -1.83. The fraction of sp³-hybridized carbons (Fsp3) is 0.667. The van der Waals surface area contributed by atoms with E-state index >= 15 is 0 Å². The number of aromatic amines is 1. The summed E-state index contributed by atoms with van der Waals surface area (Å²) < 4.78 is 65.0. The van der Waals surface area contributed by atoms with Crippen molar-refractivity contribution in [2.45, 2.75) is 76.0 Å². The average Bonchev–Trinajstić information content (AvgIpc) is 3.21. The summed E-state index contributed by atoms with van der Waals surface area (Å²) in [7, 11) is -11.4. The summed E-state index contributed by atoms with van der Waals surface area (Å²) >= 11 is 0. The summed E-state index contributed by atoms with van der Waals surface area (Å²) in [6.07, 6.45) is -15.1. The molecular formula is C21H30N2O20P2. The number of hydrogen-bond acceptors (Lipinski definition) is 18. The molecule has 11 atom stereocenters. The molecule has 24 heteroatoms. The molecule has 0 aromatic carbocycles. The van der Waals surface area contributed by atoms with Gasteiger partial charge in [0, 0.05) is 33.0 Å². The number of esters is 3. The van der Waals surface area contributed by atoms with Gasteiger partial charge < -0.3 is 48.8 Å². The molecule has 2 unspecified atom stereocenters. The fourth-order valence-corrected chi connectivity index (χ4v) is 6.45. The lowest BCUT2D eigenvalue weighted by molar-refractivity contribution is -0.283. The highest BCUT2D eigenvalue weighted by Gasteiger charge is 2.53. The molecule has 0 bridgehead atoms. The van der Waals surface area contributed by atoms with Gasteiger partial charge in [-0.15, -0.1) is 0 Å². The molecule has 45 heavy (non-hydrogen) atoms. The third kappa shape index (κ3) is 9.58. The first-order valence-corrected chi connectivity index (χ1v) is 15.6. The van der Waals surface area contributed by atoms with Crippen molar-refractivity contribution in [3.8, 4) is 0 Å². The number of nitrogens with one attached hydrogen (secondary N) is 1. The lowest BCUT2D eigenvalue weighted by Crippen LogP contribution is -2.60. The number of phosphoric acid groups is 2. The van der Waals surface area contributed by atoms with E-state index in [4.69, 9.17) is 28.2 Å². The molecule has 2 aliphatic heterocycles. The van der Waals surface area contributed by atoms with Crippen LogP contribution in [0.3, 0.4) is 0 Å². The topological polar surface area (TPSA) is 315 Å². The smallest absolute Gasteiger partial charge is 0.457 e. The van der Waals surface area contributed by atoms with Crippen LogP contribution in [0.4, 0.5) is 0 Å². The van der Waals surface area contributed by atoms with E-state index in [1.165, 1.54) is 0 Å². The highest BCUT2D eigenvalue weighted by atomic mass is 31.3. The van der Waals surface area contributed by atoms with Crippen LogP contribution in [0.1, 0.15) is 27.0 Å². The van der Waals surface area contributed by atoms with E-state index < -0.39 is 113 Å². The van der Waals surface area contributed by atoms with Crippen LogP contribution in [0.2, 0.25) is 0 Å². The number of H-pyrrole nitrogens is 1. The Hall–Kier alpha value is -2.85. The van der Waals surface area contributed by atoms with Gasteiger partial charge in [0.2, 0.25) is 0 Å². The van der Waals surface area contributed by atoms with Crippen molar-refractivity contribution in [3.05, 3.63) is 33.1 Å². The third-order valence-corrected chi connectivity index (χ3v) is 8.58. The summed E-state index contributed by atoms with van der Waals surface area (Å²) in [5.74, 6) is -2.82. The fourth-order valence-electron chi connectivity index (χ4n) is 4.29. The highest BCUT2D eigenvalue weighted by molar-refractivity contribution is 7.61. The van der Waals surface area contributed by atoms with E-state index in [1.54, 1.807) is 0 Å². The molecule has 2 aliphatic rings. The van der Waals surface area contributed by atoms with Gasteiger partial charge in [-0.1, -0.05) is 0 Å². The Labute approximate surface area is 251 Å². The number of aliphatic hydroxyl groups is 3. The Bertz CT molecular complexity index is 1460. The van der Waals surface area contributed by atoms with Crippen LogP contribution in [0.15, 0.2) is 21.9 Å². The molecular weight excluding hydrogens is 662 g/mol. The predicted molar refractivity (Wildman–Crippen MR) is 137 cm³/mol. The minimum Gasteiger partial charge on any atom is -0.457 e. The number of carbonyl (C=O) groups excluding carboxylic acids is 3. The second kappa shape index (κ2) is 14.7. The second-order valence-electron chi connectivity index (χ2n) is 9.43. The lowest BCUT2D eigenvalue weighted by Gasteiger charge is -2.41. The molecule has 22 nitrogen and oxygen atoms in total. The molecule has 0 amide bonds. The molecule has 0 spiro atoms. The van der Waals surface area contributed by atoms with Crippen molar-refractivity contribution in [2.24, 2.45) is 0 Å². The molecule has 2 saturated heterocycles. The monoisotopic (exact) mass is 692 g/mol. The van der Waals surface area contributed by atoms with Gasteiger partial charge in [-0.25, -0.2) is 13.9 Å².